The third kappa shape index (κ3) is 15.0. The van der Waals surface area contributed by atoms with Crippen LogP contribution in [0.25, 0.3) is 0 Å². The molecule has 5 atom stereocenters. The Morgan fingerprint density at radius 2 is 1.55 bits per heavy atom. The average molecular weight is 679 g/mol. The van der Waals surface area contributed by atoms with E-state index in [9.17, 15) is 32.7 Å². The molecule has 1 heterocycles. The van der Waals surface area contributed by atoms with E-state index in [1.54, 1.807) is 19.1 Å². The first kappa shape index (κ1) is 39.3. The molecule has 0 aliphatic rings. The second-order valence-corrected chi connectivity index (χ2v) is 14.9. The second-order valence-electron chi connectivity index (χ2n) is 12.7. The van der Waals surface area contributed by atoms with Crippen molar-refractivity contribution < 1.29 is 41.9 Å². The molecule has 0 fully saturated rings. The largest absolute Gasteiger partial charge is 0.466 e. The van der Waals surface area contributed by atoms with Crippen molar-refractivity contribution in [3.05, 3.63) is 60.1 Å². The van der Waals surface area contributed by atoms with Crippen LogP contribution in [-0.4, -0.2) is 73.6 Å². The number of aliphatic hydroxyl groups excluding tert-OH is 1. The Morgan fingerprint density at radius 1 is 0.872 bits per heavy atom. The maximum absolute atomic E-state index is 13.4. The van der Waals surface area contributed by atoms with Gasteiger partial charge in [-0.25, -0.2) is 13.2 Å². The third-order valence-electron chi connectivity index (χ3n) is 7.43. The van der Waals surface area contributed by atoms with Gasteiger partial charge in [-0.05, 0) is 48.8 Å². The van der Waals surface area contributed by atoms with Crippen LogP contribution in [0.1, 0.15) is 65.2 Å². The molecule has 1 aromatic heterocycles. The van der Waals surface area contributed by atoms with E-state index in [0.29, 0.717) is 18.7 Å². The highest BCUT2D eigenvalue weighted by atomic mass is 32.2. The molecule has 0 unspecified atom stereocenters. The lowest BCUT2D eigenvalue weighted by Gasteiger charge is -2.30. The fraction of sp³-hybridized carbons (Fsp3) is 0.576. The summed E-state index contributed by atoms with van der Waals surface area (Å²) in [6, 6.07) is 9.71. The highest BCUT2D eigenvalue weighted by Crippen LogP contribution is 2.17. The second kappa shape index (κ2) is 19.0. The Kier molecular flexibility index (Phi) is 15.9. The number of carbonyl (C=O) groups excluding carboxylic acids is 4. The molecule has 262 valence electrons. The van der Waals surface area contributed by atoms with Gasteiger partial charge in [-0.3, -0.25) is 14.4 Å². The summed E-state index contributed by atoms with van der Waals surface area (Å²) >= 11 is 0. The normalized spacial score (nSPS) is 14.8. The Balaban J connectivity index is 2.06. The molecular formula is C33H50N4O9S. The van der Waals surface area contributed by atoms with Crippen LogP contribution in [0.3, 0.4) is 0 Å². The maximum Gasteiger partial charge on any atom is 0.408 e. The van der Waals surface area contributed by atoms with Crippen molar-refractivity contribution in [2.75, 3.05) is 12.0 Å². The summed E-state index contributed by atoms with van der Waals surface area (Å²) in [6.07, 6.45) is 0.377. The van der Waals surface area contributed by atoms with Crippen LogP contribution in [0.15, 0.2) is 53.1 Å². The lowest BCUT2D eigenvalue weighted by atomic mass is 9.91. The van der Waals surface area contributed by atoms with Crippen LogP contribution in [-0.2, 0) is 42.1 Å². The van der Waals surface area contributed by atoms with E-state index in [0.717, 1.165) is 11.8 Å². The van der Waals surface area contributed by atoms with Crippen molar-refractivity contribution in [2.24, 2.45) is 17.8 Å². The van der Waals surface area contributed by atoms with Gasteiger partial charge < -0.3 is 35.5 Å². The number of furan rings is 1. The minimum Gasteiger partial charge on any atom is -0.466 e. The fourth-order valence-corrected chi connectivity index (χ4v) is 5.44. The molecule has 4 amide bonds. The topological polar surface area (TPSA) is 193 Å². The van der Waals surface area contributed by atoms with E-state index in [-0.39, 0.29) is 42.9 Å². The number of ether oxygens (including phenoxy) is 1. The summed E-state index contributed by atoms with van der Waals surface area (Å²) in [6.45, 7) is 9.18. The smallest absolute Gasteiger partial charge is 0.408 e. The molecule has 14 heteroatoms. The molecule has 0 bridgehead atoms. The summed E-state index contributed by atoms with van der Waals surface area (Å²) in [5.41, 5.74) is 0.920. The number of alkyl carbamates (subject to hydrolysis) is 1. The summed E-state index contributed by atoms with van der Waals surface area (Å²) in [4.78, 5) is 52.0. The monoisotopic (exact) mass is 678 g/mol. The molecule has 2 aromatic rings. The van der Waals surface area contributed by atoms with Gasteiger partial charge in [-0.15, -0.1) is 0 Å². The fourth-order valence-electron chi connectivity index (χ4n) is 4.78. The Labute approximate surface area is 277 Å². The van der Waals surface area contributed by atoms with Crippen molar-refractivity contribution in [1.29, 1.82) is 0 Å². The van der Waals surface area contributed by atoms with Crippen LogP contribution in [0.4, 0.5) is 4.79 Å². The predicted octanol–water partition coefficient (Wildman–Crippen LogP) is 2.68. The molecule has 2 rings (SSSR count). The van der Waals surface area contributed by atoms with E-state index in [1.165, 1.54) is 6.26 Å². The summed E-state index contributed by atoms with van der Waals surface area (Å²) in [5, 5.41) is 22.0. The number of sulfone groups is 1. The van der Waals surface area contributed by atoms with Gasteiger partial charge in [0.15, 0.2) is 6.61 Å². The van der Waals surface area contributed by atoms with E-state index in [4.69, 9.17) is 9.15 Å². The van der Waals surface area contributed by atoms with Crippen LogP contribution < -0.4 is 21.3 Å². The van der Waals surface area contributed by atoms with E-state index in [1.807, 2.05) is 58.0 Å². The zero-order valence-electron chi connectivity index (χ0n) is 28.0. The Morgan fingerprint density at radius 3 is 2.13 bits per heavy atom. The van der Waals surface area contributed by atoms with Crippen LogP contribution in [0, 0.1) is 17.8 Å². The summed E-state index contributed by atoms with van der Waals surface area (Å²) < 4.78 is 33.9. The first-order valence-electron chi connectivity index (χ1n) is 15.8. The van der Waals surface area contributed by atoms with Gasteiger partial charge in [-0.2, -0.15) is 0 Å². The number of benzene rings is 1. The van der Waals surface area contributed by atoms with Crippen molar-refractivity contribution in [2.45, 2.75) is 91.3 Å². The van der Waals surface area contributed by atoms with Gasteiger partial charge in [-0.1, -0.05) is 65.0 Å². The van der Waals surface area contributed by atoms with Crippen LogP contribution in [0.2, 0.25) is 0 Å². The van der Waals surface area contributed by atoms with Gasteiger partial charge in [0.1, 0.15) is 27.7 Å². The quantitative estimate of drug-likeness (QED) is 0.149. The Hall–Kier alpha value is -3.91. The number of hydrogen-bond acceptors (Lipinski definition) is 9. The molecule has 0 spiro atoms. The number of carbonyl (C=O) groups is 4. The molecule has 0 radical (unpaired) electrons. The summed E-state index contributed by atoms with van der Waals surface area (Å²) in [7, 11) is -3.48. The summed E-state index contributed by atoms with van der Waals surface area (Å²) in [5.74, 6) is -2.38. The SMILES string of the molecule is CC(C)C[C@H](NC(=O)[C@H](CCS(C)(=O)=O)NC(=O)OCc1ccco1)[C@@H](O)C[C@@H](C)C(=O)N[C@H](C(=O)NCc1ccccc1)C(C)C. The first-order chi connectivity index (χ1) is 22.1. The van der Waals surface area contributed by atoms with Gasteiger partial charge in [0.05, 0.1) is 24.2 Å². The highest BCUT2D eigenvalue weighted by Gasteiger charge is 2.32. The molecule has 1 aromatic carbocycles. The molecule has 47 heavy (non-hydrogen) atoms. The minimum absolute atomic E-state index is 0.0263. The molecule has 0 saturated carbocycles. The number of amides is 4. The zero-order chi connectivity index (χ0) is 35.1. The number of hydrogen-bond donors (Lipinski definition) is 5. The first-order valence-corrected chi connectivity index (χ1v) is 17.9. The molecule has 0 saturated heterocycles. The van der Waals surface area contributed by atoms with Gasteiger partial charge in [0.2, 0.25) is 17.7 Å². The highest BCUT2D eigenvalue weighted by molar-refractivity contribution is 7.90. The molecule has 5 N–H and O–H groups in total. The number of nitrogens with one attached hydrogen (secondary N) is 4. The molecule has 0 aliphatic carbocycles. The molecule has 13 nitrogen and oxygen atoms in total. The number of rotatable bonds is 19. The third-order valence-corrected chi connectivity index (χ3v) is 8.41. The average Bonchev–Trinajstić information content (AvgIpc) is 3.52. The van der Waals surface area contributed by atoms with E-state index in [2.05, 4.69) is 21.3 Å². The van der Waals surface area contributed by atoms with Crippen molar-refractivity contribution in [3.8, 4) is 0 Å². The predicted molar refractivity (Wildman–Crippen MR) is 176 cm³/mol. The van der Waals surface area contributed by atoms with Gasteiger partial charge in [0.25, 0.3) is 0 Å². The minimum atomic E-state index is -3.48. The van der Waals surface area contributed by atoms with Gasteiger partial charge in [0, 0.05) is 18.7 Å². The van der Waals surface area contributed by atoms with Gasteiger partial charge >= 0.3 is 6.09 Å². The lowest BCUT2D eigenvalue weighted by Crippen LogP contribution is -2.54. The lowest BCUT2D eigenvalue weighted by molar-refractivity contribution is -0.132. The zero-order valence-corrected chi connectivity index (χ0v) is 28.8. The van der Waals surface area contributed by atoms with Crippen molar-refractivity contribution in [3.63, 3.8) is 0 Å². The van der Waals surface area contributed by atoms with Crippen molar-refractivity contribution in [1.82, 2.24) is 21.3 Å². The standard InChI is InChI=1S/C33H50N4O9S/c1-21(2)17-27(35-31(40)26(14-16-47(6,43)44)36-33(42)46-20-25-13-10-15-45-25)28(38)18-23(5)30(39)37-29(22(3)4)32(41)34-19-24-11-8-7-9-12-24/h7-13,15,21-23,26-29,38H,14,16-20H2,1-6H3,(H,34,41)(H,35,40)(H,36,42)(H,37,39)/t23-,26+,27+,28+,29+/m1/s1. The number of aliphatic hydroxyl groups is 1. The maximum atomic E-state index is 13.4. The Bertz CT molecular complexity index is 1380. The van der Waals surface area contributed by atoms with Crippen LogP contribution >= 0.6 is 0 Å². The molecular weight excluding hydrogens is 628 g/mol. The van der Waals surface area contributed by atoms with Crippen LogP contribution in [0.5, 0.6) is 0 Å². The van der Waals surface area contributed by atoms with Crippen molar-refractivity contribution >= 4 is 33.7 Å². The van der Waals surface area contributed by atoms with E-state index >= 15 is 0 Å². The molecule has 0 aliphatic heterocycles. The van der Waals surface area contributed by atoms with E-state index < -0.39 is 57.9 Å².